The minimum atomic E-state index is 0.714. The average Bonchev–Trinajstić information content (AvgIpc) is 2.30. The van der Waals surface area contributed by atoms with Crippen molar-refractivity contribution in [3.8, 4) is 0 Å². The van der Waals surface area contributed by atoms with Crippen LogP contribution in [-0.4, -0.2) is 43.7 Å². The molecule has 4 nitrogen and oxygen atoms in total. The molecule has 0 aromatic carbocycles. The molecule has 0 aromatic heterocycles. The van der Waals surface area contributed by atoms with Crippen LogP contribution in [0.1, 0.15) is 32.6 Å². The molecule has 1 heterocycles. The predicted octanol–water partition coefficient (Wildman–Crippen LogP) is 1.21. The van der Waals surface area contributed by atoms with Gasteiger partial charge >= 0.3 is 0 Å². The van der Waals surface area contributed by atoms with Crippen LogP contribution in [-0.2, 0) is 4.74 Å². The van der Waals surface area contributed by atoms with Gasteiger partial charge in [0.2, 0.25) is 0 Å². The molecule has 1 fully saturated rings. The summed E-state index contributed by atoms with van der Waals surface area (Å²) in [5.41, 5.74) is 5.90. The molecule has 1 aliphatic rings. The Bertz CT molecular complexity index is 188. The molecule has 0 radical (unpaired) electrons. The standard InChI is InChI=1S/C11H23N3O/c1-2-15-10-6-7-13-11(12)14-8-4-3-5-9-14/h2-10H2,1H3,(H2,12,13). The van der Waals surface area contributed by atoms with E-state index in [9.17, 15) is 0 Å². The van der Waals surface area contributed by atoms with Gasteiger partial charge in [-0.05, 0) is 32.6 Å². The fraction of sp³-hybridized carbons (Fsp3) is 0.909. The second kappa shape index (κ2) is 7.51. The summed E-state index contributed by atoms with van der Waals surface area (Å²) in [7, 11) is 0. The lowest BCUT2D eigenvalue weighted by Crippen LogP contribution is -2.40. The van der Waals surface area contributed by atoms with E-state index in [-0.39, 0.29) is 0 Å². The number of hydrogen-bond acceptors (Lipinski definition) is 2. The third-order valence-corrected chi connectivity index (χ3v) is 2.60. The minimum absolute atomic E-state index is 0.714. The molecular formula is C11H23N3O. The summed E-state index contributed by atoms with van der Waals surface area (Å²) in [6.45, 7) is 6.49. The molecule has 0 spiro atoms. The second-order valence-corrected chi connectivity index (χ2v) is 3.84. The van der Waals surface area contributed by atoms with Crippen molar-refractivity contribution >= 4 is 5.96 Å². The summed E-state index contributed by atoms with van der Waals surface area (Å²) in [4.78, 5) is 6.54. The fourth-order valence-corrected chi connectivity index (χ4v) is 1.73. The van der Waals surface area contributed by atoms with E-state index in [1.807, 2.05) is 6.92 Å². The summed E-state index contributed by atoms with van der Waals surface area (Å²) >= 11 is 0. The Balaban J connectivity index is 2.13. The second-order valence-electron chi connectivity index (χ2n) is 3.84. The topological polar surface area (TPSA) is 50.9 Å². The molecule has 0 aliphatic carbocycles. The van der Waals surface area contributed by atoms with Gasteiger partial charge in [-0.25, -0.2) is 0 Å². The van der Waals surface area contributed by atoms with Crippen LogP contribution < -0.4 is 5.73 Å². The van der Waals surface area contributed by atoms with E-state index in [1.165, 1.54) is 19.3 Å². The van der Waals surface area contributed by atoms with Gasteiger partial charge in [0.05, 0.1) is 0 Å². The van der Waals surface area contributed by atoms with E-state index in [0.29, 0.717) is 5.96 Å². The van der Waals surface area contributed by atoms with Crippen molar-refractivity contribution < 1.29 is 4.74 Å². The normalized spacial score (nSPS) is 18.2. The smallest absolute Gasteiger partial charge is 0.191 e. The van der Waals surface area contributed by atoms with Crippen molar-refractivity contribution in [2.75, 3.05) is 32.8 Å². The first-order valence-corrected chi connectivity index (χ1v) is 5.97. The molecule has 0 atom stereocenters. The van der Waals surface area contributed by atoms with Crippen molar-refractivity contribution in [2.24, 2.45) is 10.7 Å². The SMILES string of the molecule is CCOCCCN=C(N)N1CCCCC1. The van der Waals surface area contributed by atoms with E-state index in [1.54, 1.807) is 0 Å². The highest BCUT2D eigenvalue weighted by molar-refractivity contribution is 5.78. The molecular weight excluding hydrogens is 190 g/mol. The Labute approximate surface area is 92.5 Å². The summed E-state index contributed by atoms with van der Waals surface area (Å²) in [6, 6.07) is 0. The zero-order chi connectivity index (χ0) is 10.9. The third-order valence-electron chi connectivity index (χ3n) is 2.60. The van der Waals surface area contributed by atoms with E-state index in [0.717, 1.165) is 39.3 Å². The van der Waals surface area contributed by atoms with Crippen LogP contribution in [0, 0.1) is 0 Å². The van der Waals surface area contributed by atoms with E-state index >= 15 is 0 Å². The first kappa shape index (κ1) is 12.3. The van der Waals surface area contributed by atoms with Crippen molar-refractivity contribution in [2.45, 2.75) is 32.6 Å². The lowest BCUT2D eigenvalue weighted by molar-refractivity contribution is 0.146. The number of guanidine groups is 1. The molecule has 1 aliphatic heterocycles. The van der Waals surface area contributed by atoms with Crippen molar-refractivity contribution in [3.05, 3.63) is 0 Å². The fourth-order valence-electron chi connectivity index (χ4n) is 1.73. The highest BCUT2D eigenvalue weighted by Gasteiger charge is 2.11. The quantitative estimate of drug-likeness (QED) is 0.424. The van der Waals surface area contributed by atoms with Gasteiger partial charge in [-0.3, -0.25) is 4.99 Å². The molecule has 0 amide bonds. The number of likely N-dealkylation sites (tertiary alicyclic amines) is 1. The maximum absolute atomic E-state index is 5.90. The highest BCUT2D eigenvalue weighted by Crippen LogP contribution is 2.07. The Morgan fingerprint density at radius 3 is 2.73 bits per heavy atom. The number of rotatable bonds is 5. The number of nitrogens with zero attached hydrogens (tertiary/aromatic N) is 2. The maximum atomic E-state index is 5.90. The summed E-state index contributed by atoms with van der Waals surface area (Å²) in [5, 5.41) is 0. The Kier molecular flexibility index (Phi) is 6.16. The van der Waals surface area contributed by atoms with Crippen LogP contribution >= 0.6 is 0 Å². The van der Waals surface area contributed by atoms with Gasteiger partial charge in [0.15, 0.2) is 5.96 Å². The van der Waals surface area contributed by atoms with Crippen molar-refractivity contribution in [1.82, 2.24) is 4.90 Å². The predicted molar refractivity (Wildman–Crippen MR) is 63.0 cm³/mol. The monoisotopic (exact) mass is 213 g/mol. The molecule has 0 saturated carbocycles. The van der Waals surface area contributed by atoms with Crippen LogP contribution in [0.15, 0.2) is 4.99 Å². The maximum Gasteiger partial charge on any atom is 0.191 e. The zero-order valence-corrected chi connectivity index (χ0v) is 9.74. The molecule has 1 saturated heterocycles. The van der Waals surface area contributed by atoms with E-state index in [2.05, 4.69) is 9.89 Å². The molecule has 1 rings (SSSR count). The molecule has 2 N–H and O–H groups in total. The van der Waals surface area contributed by atoms with Crippen LogP contribution in [0.25, 0.3) is 0 Å². The third kappa shape index (κ3) is 5.02. The minimum Gasteiger partial charge on any atom is -0.382 e. The zero-order valence-electron chi connectivity index (χ0n) is 9.74. The van der Waals surface area contributed by atoms with E-state index in [4.69, 9.17) is 10.5 Å². The van der Waals surface area contributed by atoms with Gasteiger partial charge in [-0.15, -0.1) is 0 Å². The lowest BCUT2D eigenvalue weighted by Gasteiger charge is -2.27. The number of hydrogen-bond donors (Lipinski definition) is 1. The lowest BCUT2D eigenvalue weighted by atomic mass is 10.1. The molecule has 88 valence electrons. The first-order valence-electron chi connectivity index (χ1n) is 5.97. The number of aliphatic imine (C=N–C) groups is 1. The number of nitrogens with two attached hydrogens (primary N) is 1. The molecule has 0 bridgehead atoms. The van der Waals surface area contributed by atoms with Gasteiger partial charge in [0.1, 0.15) is 0 Å². The molecule has 15 heavy (non-hydrogen) atoms. The Morgan fingerprint density at radius 2 is 2.07 bits per heavy atom. The van der Waals surface area contributed by atoms with Gasteiger partial charge in [-0.2, -0.15) is 0 Å². The van der Waals surface area contributed by atoms with Crippen molar-refractivity contribution in [3.63, 3.8) is 0 Å². The largest absolute Gasteiger partial charge is 0.382 e. The van der Waals surface area contributed by atoms with Gasteiger partial charge in [0.25, 0.3) is 0 Å². The molecule has 0 aromatic rings. The van der Waals surface area contributed by atoms with Crippen molar-refractivity contribution in [1.29, 1.82) is 0 Å². The van der Waals surface area contributed by atoms with Crippen LogP contribution in [0.3, 0.4) is 0 Å². The van der Waals surface area contributed by atoms with E-state index < -0.39 is 0 Å². The summed E-state index contributed by atoms with van der Waals surface area (Å²) in [6.07, 6.45) is 4.78. The molecule has 0 unspecified atom stereocenters. The van der Waals surface area contributed by atoms with Crippen LogP contribution in [0.2, 0.25) is 0 Å². The van der Waals surface area contributed by atoms with Gasteiger partial charge < -0.3 is 15.4 Å². The summed E-state index contributed by atoms with van der Waals surface area (Å²) in [5.74, 6) is 0.714. The Hall–Kier alpha value is -0.770. The van der Waals surface area contributed by atoms with Crippen LogP contribution in [0.5, 0.6) is 0 Å². The number of ether oxygens (including phenoxy) is 1. The summed E-state index contributed by atoms with van der Waals surface area (Å²) < 4.78 is 5.24. The first-order chi connectivity index (χ1) is 7.34. The van der Waals surface area contributed by atoms with Gasteiger partial charge in [0, 0.05) is 32.8 Å². The average molecular weight is 213 g/mol. The molecule has 4 heteroatoms. The Morgan fingerprint density at radius 1 is 1.33 bits per heavy atom. The number of piperidine rings is 1. The van der Waals surface area contributed by atoms with Gasteiger partial charge in [-0.1, -0.05) is 0 Å². The van der Waals surface area contributed by atoms with Crippen LogP contribution in [0.4, 0.5) is 0 Å². The highest BCUT2D eigenvalue weighted by atomic mass is 16.5.